The first kappa shape index (κ1) is 15.9. The van der Waals surface area contributed by atoms with E-state index in [1.54, 1.807) is 18.2 Å². The quantitative estimate of drug-likeness (QED) is 0.264. The van der Waals surface area contributed by atoms with Crippen LogP contribution in [-0.4, -0.2) is 24.0 Å². The minimum Gasteiger partial charge on any atom is -0.357 e. The van der Waals surface area contributed by atoms with Crippen molar-refractivity contribution < 1.29 is 4.92 Å². The Morgan fingerprint density at radius 2 is 2.05 bits per heavy atom. The minimum absolute atomic E-state index is 0.112. The smallest absolute Gasteiger partial charge is 0.274 e. The molecule has 0 heterocycles. The molecule has 1 aromatic carbocycles. The van der Waals surface area contributed by atoms with Gasteiger partial charge in [-0.3, -0.25) is 10.1 Å². The Morgan fingerprint density at radius 3 is 2.70 bits per heavy atom. The number of hydrogen-bond acceptors (Lipinski definition) is 3. The summed E-state index contributed by atoms with van der Waals surface area (Å²) < 4.78 is 0. The monoisotopic (exact) mass is 278 g/mol. The predicted molar refractivity (Wildman–Crippen MR) is 80.8 cm³/mol. The van der Waals surface area contributed by atoms with Crippen LogP contribution in [-0.2, 0) is 6.54 Å². The van der Waals surface area contributed by atoms with Crippen LogP contribution in [0.1, 0.15) is 32.3 Å². The topological polar surface area (TPSA) is 79.6 Å². The second-order valence-corrected chi connectivity index (χ2v) is 4.36. The molecule has 6 nitrogen and oxygen atoms in total. The third-order valence-electron chi connectivity index (χ3n) is 2.76. The summed E-state index contributed by atoms with van der Waals surface area (Å²) in [5, 5.41) is 17.3. The average Bonchev–Trinajstić information content (AvgIpc) is 2.45. The fraction of sp³-hybridized carbons (Fsp3) is 0.500. The zero-order valence-corrected chi connectivity index (χ0v) is 12.1. The zero-order valence-electron chi connectivity index (χ0n) is 12.1. The number of benzene rings is 1. The van der Waals surface area contributed by atoms with Crippen LogP contribution in [0.2, 0.25) is 0 Å². The Hall–Kier alpha value is -2.11. The molecule has 0 fully saturated rings. The molecule has 0 spiro atoms. The summed E-state index contributed by atoms with van der Waals surface area (Å²) in [6.45, 7) is 6.01. The molecule has 1 aromatic rings. The number of nitrogens with zero attached hydrogens (tertiary/aromatic N) is 2. The van der Waals surface area contributed by atoms with Gasteiger partial charge in [0.25, 0.3) is 5.69 Å². The van der Waals surface area contributed by atoms with Crippen molar-refractivity contribution >= 4 is 11.6 Å². The molecule has 0 radical (unpaired) electrons. The predicted octanol–water partition coefficient (Wildman–Crippen LogP) is 2.45. The molecule has 0 unspecified atom stereocenters. The molecule has 0 saturated carbocycles. The van der Waals surface area contributed by atoms with Crippen LogP contribution in [0.5, 0.6) is 0 Å². The van der Waals surface area contributed by atoms with Gasteiger partial charge in [0.15, 0.2) is 5.96 Å². The van der Waals surface area contributed by atoms with Gasteiger partial charge in [0, 0.05) is 19.2 Å². The standard InChI is InChI=1S/C14H22N4O2/c1-3-5-10-16-14(15-4-2)17-11-12-8-6-7-9-13(12)18(19)20/h6-9H,3-5,10-11H2,1-2H3,(H2,15,16,17). The third-order valence-corrected chi connectivity index (χ3v) is 2.76. The van der Waals surface area contributed by atoms with Gasteiger partial charge >= 0.3 is 0 Å². The van der Waals surface area contributed by atoms with E-state index in [1.807, 2.05) is 6.92 Å². The minimum atomic E-state index is -0.373. The maximum Gasteiger partial charge on any atom is 0.274 e. The van der Waals surface area contributed by atoms with E-state index in [1.165, 1.54) is 6.07 Å². The van der Waals surface area contributed by atoms with Gasteiger partial charge in [0.2, 0.25) is 0 Å². The SMILES string of the molecule is CCCCNC(=NCc1ccccc1[N+](=O)[O-])NCC. The molecule has 6 heteroatoms. The van der Waals surface area contributed by atoms with Crippen LogP contribution in [0.25, 0.3) is 0 Å². The lowest BCUT2D eigenvalue weighted by atomic mass is 10.2. The van der Waals surface area contributed by atoms with E-state index in [0.29, 0.717) is 18.1 Å². The molecular weight excluding hydrogens is 256 g/mol. The van der Waals surface area contributed by atoms with Crippen molar-refractivity contribution in [3.8, 4) is 0 Å². The van der Waals surface area contributed by atoms with E-state index in [4.69, 9.17) is 0 Å². The number of nitrogens with one attached hydrogen (secondary N) is 2. The summed E-state index contributed by atoms with van der Waals surface area (Å²) in [5.74, 6) is 0.694. The van der Waals surface area contributed by atoms with Gasteiger partial charge in [-0.1, -0.05) is 31.5 Å². The molecule has 0 aliphatic heterocycles. The normalized spacial score (nSPS) is 11.2. The number of nitro benzene ring substituents is 1. The third kappa shape index (κ3) is 5.26. The summed E-state index contributed by atoms with van der Waals surface area (Å²) in [7, 11) is 0. The fourth-order valence-electron chi connectivity index (χ4n) is 1.71. The Kier molecular flexibility index (Phi) is 7.10. The second-order valence-electron chi connectivity index (χ2n) is 4.36. The zero-order chi connectivity index (χ0) is 14.8. The van der Waals surface area contributed by atoms with Crippen molar-refractivity contribution in [2.24, 2.45) is 4.99 Å². The highest BCUT2D eigenvalue weighted by Gasteiger charge is 2.11. The summed E-state index contributed by atoms with van der Waals surface area (Å²) in [6, 6.07) is 6.69. The van der Waals surface area contributed by atoms with Crippen LogP contribution in [0.3, 0.4) is 0 Å². The van der Waals surface area contributed by atoms with Crippen LogP contribution < -0.4 is 10.6 Å². The van der Waals surface area contributed by atoms with Crippen LogP contribution in [0.15, 0.2) is 29.3 Å². The van der Waals surface area contributed by atoms with Gasteiger partial charge in [0.1, 0.15) is 0 Å². The molecule has 1 rings (SSSR count). The molecule has 0 aliphatic carbocycles. The van der Waals surface area contributed by atoms with Gasteiger partial charge in [-0.05, 0) is 13.3 Å². The van der Waals surface area contributed by atoms with E-state index in [-0.39, 0.29) is 10.6 Å². The Morgan fingerprint density at radius 1 is 1.30 bits per heavy atom. The number of para-hydroxylation sites is 1. The molecule has 0 aliphatic rings. The number of unbranched alkanes of at least 4 members (excludes halogenated alkanes) is 1. The molecular formula is C14H22N4O2. The summed E-state index contributed by atoms with van der Waals surface area (Å²) in [5.41, 5.74) is 0.728. The van der Waals surface area contributed by atoms with E-state index in [2.05, 4.69) is 22.5 Å². The second kappa shape index (κ2) is 8.90. The van der Waals surface area contributed by atoms with Gasteiger partial charge in [-0.2, -0.15) is 0 Å². The lowest BCUT2D eigenvalue weighted by Gasteiger charge is -2.10. The Labute approximate surface area is 119 Å². The summed E-state index contributed by atoms with van der Waals surface area (Å²) in [6.07, 6.45) is 2.17. The molecule has 2 N–H and O–H groups in total. The molecule has 20 heavy (non-hydrogen) atoms. The number of guanidine groups is 1. The van der Waals surface area contributed by atoms with Crippen molar-refractivity contribution in [3.63, 3.8) is 0 Å². The van der Waals surface area contributed by atoms with E-state index >= 15 is 0 Å². The average molecular weight is 278 g/mol. The summed E-state index contributed by atoms with van der Waals surface area (Å²) in [4.78, 5) is 14.9. The van der Waals surface area contributed by atoms with Crippen molar-refractivity contribution in [2.45, 2.75) is 33.2 Å². The maximum atomic E-state index is 10.9. The van der Waals surface area contributed by atoms with E-state index < -0.39 is 0 Å². The Bertz CT molecular complexity index is 460. The van der Waals surface area contributed by atoms with Gasteiger partial charge in [-0.15, -0.1) is 0 Å². The van der Waals surface area contributed by atoms with Crippen LogP contribution in [0, 0.1) is 10.1 Å². The maximum absolute atomic E-state index is 10.9. The first-order valence-electron chi connectivity index (χ1n) is 6.93. The molecule has 0 amide bonds. The number of aliphatic imine (C=N–C) groups is 1. The Balaban J connectivity index is 2.73. The van der Waals surface area contributed by atoms with Crippen LogP contribution in [0.4, 0.5) is 5.69 Å². The lowest BCUT2D eigenvalue weighted by molar-refractivity contribution is -0.385. The van der Waals surface area contributed by atoms with E-state index in [0.717, 1.165) is 25.9 Å². The molecule has 0 atom stereocenters. The van der Waals surface area contributed by atoms with Crippen LogP contribution >= 0.6 is 0 Å². The fourth-order valence-corrected chi connectivity index (χ4v) is 1.71. The highest BCUT2D eigenvalue weighted by Crippen LogP contribution is 2.18. The van der Waals surface area contributed by atoms with Crippen molar-refractivity contribution in [1.82, 2.24) is 10.6 Å². The molecule has 110 valence electrons. The largest absolute Gasteiger partial charge is 0.357 e. The van der Waals surface area contributed by atoms with Gasteiger partial charge in [0.05, 0.1) is 17.0 Å². The van der Waals surface area contributed by atoms with Crippen molar-refractivity contribution in [2.75, 3.05) is 13.1 Å². The molecule has 0 saturated heterocycles. The highest BCUT2D eigenvalue weighted by atomic mass is 16.6. The van der Waals surface area contributed by atoms with Gasteiger partial charge < -0.3 is 10.6 Å². The molecule has 0 bridgehead atoms. The molecule has 0 aromatic heterocycles. The summed E-state index contributed by atoms with van der Waals surface area (Å²) >= 11 is 0. The first-order chi connectivity index (χ1) is 9.69. The van der Waals surface area contributed by atoms with Crippen molar-refractivity contribution in [1.29, 1.82) is 0 Å². The number of rotatable bonds is 7. The number of nitro groups is 1. The highest BCUT2D eigenvalue weighted by molar-refractivity contribution is 5.79. The van der Waals surface area contributed by atoms with Crippen molar-refractivity contribution in [3.05, 3.63) is 39.9 Å². The first-order valence-corrected chi connectivity index (χ1v) is 6.93. The van der Waals surface area contributed by atoms with E-state index in [9.17, 15) is 10.1 Å². The number of hydrogen-bond donors (Lipinski definition) is 2. The van der Waals surface area contributed by atoms with Gasteiger partial charge in [-0.25, -0.2) is 4.99 Å². The lowest BCUT2D eigenvalue weighted by Crippen LogP contribution is -2.37.